The van der Waals surface area contributed by atoms with Crippen molar-refractivity contribution in [1.82, 2.24) is 0 Å². The van der Waals surface area contributed by atoms with Crippen LogP contribution in [-0.2, 0) is 20.8 Å². The molecule has 0 saturated carbocycles. The lowest BCUT2D eigenvalue weighted by Crippen LogP contribution is -2.23. The second-order valence-corrected chi connectivity index (χ2v) is 4.45. The predicted molar refractivity (Wildman–Crippen MR) is 72.4 cm³/mol. The van der Waals surface area contributed by atoms with Crippen LogP contribution in [0.15, 0.2) is 30.3 Å². The standard InChI is InChI=1S/C13H18O3.C2H6/c1-13(2)15-10-12(16-13)9-14-8-11-6-4-3-5-7-11;1-2/h3-7,12H,8-10H2,1-2H3;1-2H3. The summed E-state index contributed by atoms with van der Waals surface area (Å²) in [4.78, 5) is 0. The summed E-state index contributed by atoms with van der Waals surface area (Å²) in [5.41, 5.74) is 1.18. The molecule has 1 saturated heterocycles. The summed E-state index contributed by atoms with van der Waals surface area (Å²) in [6, 6.07) is 10.1. The molecule has 1 aromatic carbocycles. The quantitative estimate of drug-likeness (QED) is 0.822. The summed E-state index contributed by atoms with van der Waals surface area (Å²) < 4.78 is 16.7. The van der Waals surface area contributed by atoms with Crippen molar-refractivity contribution in [3.05, 3.63) is 35.9 Å². The topological polar surface area (TPSA) is 27.7 Å². The Balaban J connectivity index is 0.000000771. The van der Waals surface area contributed by atoms with Gasteiger partial charge in [0, 0.05) is 0 Å². The van der Waals surface area contributed by atoms with Gasteiger partial charge in [0.25, 0.3) is 0 Å². The molecular weight excluding hydrogens is 228 g/mol. The molecule has 1 aliphatic heterocycles. The van der Waals surface area contributed by atoms with E-state index >= 15 is 0 Å². The molecule has 0 spiro atoms. The van der Waals surface area contributed by atoms with Gasteiger partial charge in [-0.1, -0.05) is 44.2 Å². The Labute approximate surface area is 110 Å². The van der Waals surface area contributed by atoms with Crippen LogP contribution in [-0.4, -0.2) is 25.1 Å². The zero-order chi connectivity index (χ0) is 13.4. The number of ether oxygens (including phenoxy) is 3. The minimum atomic E-state index is -0.458. The zero-order valence-corrected chi connectivity index (χ0v) is 11.8. The summed E-state index contributed by atoms with van der Waals surface area (Å²) in [6.07, 6.45) is 0.0544. The number of hydrogen-bond acceptors (Lipinski definition) is 3. The van der Waals surface area contributed by atoms with Gasteiger partial charge in [-0.2, -0.15) is 0 Å². The molecule has 2 rings (SSSR count). The highest BCUT2D eigenvalue weighted by Crippen LogP contribution is 2.22. The van der Waals surface area contributed by atoms with Gasteiger partial charge < -0.3 is 14.2 Å². The fraction of sp³-hybridized carbons (Fsp3) is 0.600. The largest absolute Gasteiger partial charge is 0.374 e. The van der Waals surface area contributed by atoms with Crippen molar-refractivity contribution in [2.45, 2.75) is 46.2 Å². The van der Waals surface area contributed by atoms with E-state index in [-0.39, 0.29) is 6.10 Å². The van der Waals surface area contributed by atoms with Crippen LogP contribution < -0.4 is 0 Å². The third-order valence-electron chi connectivity index (χ3n) is 2.48. The van der Waals surface area contributed by atoms with E-state index in [4.69, 9.17) is 14.2 Å². The fourth-order valence-corrected chi connectivity index (χ4v) is 1.73. The molecule has 1 atom stereocenters. The second-order valence-electron chi connectivity index (χ2n) is 4.45. The van der Waals surface area contributed by atoms with Crippen molar-refractivity contribution >= 4 is 0 Å². The third kappa shape index (κ3) is 5.17. The first-order chi connectivity index (χ1) is 8.66. The van der Waals surface area contributed by atoms with Crippen LogP contribution in [0.4, 0.5) is 0 Å². The van der Waals surface area contributed by atoms with Gasteiger partial charge in [-0.05, 0) is 19.4 Å². The first-order valence-electron chi connectivity index (χ1n) is 6.59. The molecular formula is C15H24O3. The zero-order valence-electron chi connectivity index (χ0n) is 11.8. The Morgan fingerprint density at radius 3 is 2.44 bits per heavy atom. The SMILES string of the molecule is CC.CC1(C)OCC(COCc2ccccc2)O1. The molecule has 0 bridgehead atoms. The normalized spacial score (nSPS) is 21.2. The van der Waals surface area contributed by atoms with E-state index in [0.717, 1.165) is 0 Å². The van der Waals surface area contributed by atoms with Crippen molar-refractivity contribution in [2.75, 3.05) is 13.2 Å². The van der Waals surface area contributed by atoms with Crippen LogP contribution in [0.1, 0.15) is 33.3 Å². The monoisotopic (exact) mass is 252 g/mol. The van der Waals surface area contributed by atoms with Gasteiger partial charge in [-0.3, -0.25) is 0 Å². The molecule has 0 aliphatic carbocycles. The number of benzene rings is 1. The summed E-state index contributed by atoms with van der Waals surface area (Å²) in [5, 5.41) is 0. The molecule has 0 aromatic heterocycles. The Morgan fingerprint density at radius 1 is 1.22 bits per heavy atom. The van der Waals surface area contributed by atoms with E-state index in [9.17, 15) is 0 Å². The summed E-state index contributed by atoms with van der Waals surface area (Å²) >= 11 is 0. The van der Waals surface area contributed by atoms with Crippen LogP contribution in [0.5, 0.6) is 0 Å². The minimum Gasteiger partial charge on any atom is -0.374 e. The first kappa shape index (κ1) is 15.2. The predicted octanol–water partition coefficient (Wildman–Crippen LogP) is 3.38. The molecule has 1 aliphatic rings. The molecule has 0 amide bonds. The third-order valence-corrected chi connectivity index (χ3v) is 2.48. The van der Waals surface area contributed by atoms with Gasteiger partial charge in [0.05, 0.1) is 19.8 Å². The van der Waals surface area contributed by atoms with Gasteiger partial charge >= 0.3 is 0 Å². The van der Waals surface area contributed by atoms with E-state index < -0.39 is 5.79 Å². The molecule has 1 fully saturated rings. The average Bonchev–Trinajstić information content (AvgIpc) is 2.73. The summed E-state index contributed by atoms with van der Waals surface area (Å²) in [6.45, 7) is 9.66. The van der Waals surface area contributed by atoms with Gasteiger partial charge in [0.15, 0.2) is 5.79 Å². The molecule has 0 N–H and O–H groups in total. The minimum absolute atomic E-state index is 0.0544. The van der Waals surface area contributed by atoms with Gasteiger partial charge in [-0.15, -0.1) is 0 Å². The van der Waals surface area contributed by atoms with Crippen LogP contribution in [0.25, 0.3) is 0 Å². The molecule has 1 aromatic rings. The Morgan fingerprint density at radius 2 is 1.89 bits per heavy atom. The van der Waals surface area contributed by atoms with E-state index in [1.54, 1.807) is 0 Å². The van der Waals surface area contributed by atoms with Crippen molar-refractivity contribution in [3.63, 3.8) is 0 Å². The van der Waals surface area contributed by atoms with E-state index in [2.05, 4.69) is 12.1 Å². The highest BCUT2D eigenvalue weighted by Gasteiger charge is 2.32. The van der Waals surface area contributed by atoms with E-state index in [1.165, 1.54) is 5.56 Å². The Hall–Kier alpha value is -0.900. The molecule has 18 heavy (non-hydrogen) atoms. The molecule has 1 unspecified atom stereocenters. The summed E-state index contributed by atoms with van der Waals surface area (Å²) in [7, 11) is 0. The highest BCUT2D eigenvalue weighted by atomic mass is 16.7. The fourth-order valence-electron chi connectivity index (χ4n) is 1.73. The Kier molecular flexibility index (Phi) is 6.33. The second kappa shape index (κ2) is 7.52. The maximum absolute atomic E-state index is 5.64. The lowest BCUT2D eigenvalue weighted by atomic mass is 10.2. The maximum Gasteiger partial charge on any atom is 0.163 e. The van der Waals surface area contributed by atoms with Gasteiger partial charge in [-0.25, -0.2) is 0 Å². The van der Waals surface area contributed by atoms with Crippen molar-refractivity contribution in [3.8, 4) is 0 Å². The number of rotatable bonds is 4. The maximum atomic E-state index is 5.64. The molecule has 1 heterocycles. The average molecular weight is 252 g/mol. The van der Waals surface area contributed by atoms with Gasteiger partial charge in [0.2, 0.25) is 0 Å². The molecule has 3 nitrogen and oxygen atoms in total. The van der Waals surface area contributed by atoms with Crippen LogP contribution in [0.2, 0.25) is 0 Å². The lowest BCUT2D eigenvalue weighted by molar-refractivity contribution is -0.145. The van der Waals surface area contributed by atoms with Crippen molar-refractivity contribution < 1.29 is 14.2 Å². The van der Waals surface area contributed by atoms with Crippen molar-refractivity contribution in [2.24, 2.45) is 0 Å². The van der Waals surface area contributed by atoms with E-state index in [1.807, 2.05) is 45.9 Å². The molecule has 0 radical (unpaired) electrons. The van der Waals surface area contributed by atoms with Crippen molar-refractivity contribution in [1.29, 1.82) is 0 Å². The molecule has 3 heteroatoms. The van der Waals surface area contributed by atoms with Crippen LogP contribution in [0, 0.1) is 0 Å². The highest BCUT2D eigenvalue weighted by molar-refractivity contribution is 5.13. The van der Waals surface area contributed by atoms with Crippen LogP contribution in [0.3, 0.4) is 0 Å². The van der Waals surface area contributed by atoms with Crippen LogP contribution >= 0.6 is 0 Å². The molecule has 102 valence electrons. The first-order valence-corrected chi connectivity index (χ1v) is 6.59. The smallest absolute Gasteiger partial charge is 0.163 e. The Bertz CT molecular complexity index is 322. The van der Waals surface area contributed by atoms with E-state index in [0.29, 0.717) is 19.8 Å². The van der Waals surface area contributed by atoms with Gasteiger partial charge in [0.1, 0.15) is 6.10 Å². The lowest BCUT2D eigenvalue weighted by Gasteiger charge is -2.17. The summed E-state index contributed by atoms with van der Waals surface area (Å²) in [5.74, 6) is -0.458. The number of hydrogen-bond donors (Lipinski definition) is 0.